The zero-order valence-corrected chi connectivity index (χ0v) is 12.1. The molecule has 0 bridgehead atoms. The van der Waals surface area contributed by atoms with Crippen molar-refractivity contribution in [3.63, 3.8) is 0 Å². The van der Waals surface area contributed by atoms with Gasteiger partial charge in [-0.25, -0.2) is 0 Å². The van der Waals surface area contributed by atoms with E-state index in [9.17, 15) is 0 Å². The summed E-state index contributed by atoms with van der Waals surface area (Å²) in [6.07, 6.45) is 5.43. The molecule has 1 nitrogen and oxygen atoms in total. The lowest BCUT2D eigenvalue weighted by Gasteiger charge is -2.15. The number of rotatable bonds is 5. The van der Waals surface area contributed by atoms with Crippen LogP contribution in [0.1, 0.15) is 26.7 Å². The van der Waals surface area contributed by atoms with E-state index in [-0.39, 0.29) is 7.92 Å². The van der Waals surface area contributed by atoms with Crippen molar-refractivity contribution in [3.05, 3.63) is 30.3 Å². The van der Waals surface area contributed by atoms with Crippen LogP contribution in [0.4, 0.5) is 0 Å². The molecule has 1 rings (SSSR count). The van der Waals surface area contributed by atoms with Gasteiger partial charge in [0.1, 0.15) is 0 Å². The molecule has 0 aliphatic heterocycles. The van der Waals surface area contributed by atoms with Crippen molar-refractivity contribution in [1.29, 1.82) is 0 Å². The third-order valence-corrected chi connectivity index (χ3v) is 5.11. The molecule has 0 saturated heterocycles. The summed E-state index contributed by atoms with van der Waals surface area (Å²) in [4.78, 5) is 0. The molecule has 1 aromatic carbocycles. The fourth-order valence-electron chi connectivity index (χ4n) is 1.55. The lowest BCUT2D eigenvalue weighted by atomic mass is 10.4. The van der Waals surface area contributed by atoms with E-state index in [1.807, 2.05) is 14.1 Å². The predicted octanol–water partition coefficient (Wildman–Crippen LogP) is 3.45. The second kappa shape index (κ2) is 11.1. The minimum absolute atomic E-state index is 0.144. The minimum Gasteiger partial charge on any atom is -0.323 e. The van der Waals surface area contributed by atoms with Crippen LogP contribution in [-0.4, -0.2) is 26.4 Å². The Bertz CT molecular complexity index is 230. The predicted molar refractivity (Wildman–Crippen MR) is 78.3 cm³/mol. The Balaban J connectivity index is 0.000000673. The first-order valence-electron chi connectivity index (χ1n) is 6.18. The molecule has 0 saturated carbocycles. The average Bonchev–Trinajstić information content (AvgIpc) is 2.31. The SMILES string of the molecule is CCCP(CCC)c1ccccc1.CNC. The van der Waals surface area contributed by atoms with E-state index in [1.165, 1.54) is 25.2 Å². The van der Waals surface area contributed by atoms with Gasteiger partial charge in [0.05, 0.1) is 0 Å². The van der Waals surface area contributed by atoms with Crippen molar-refractivity contribution in [2.75, 3.05) is 26.4 Å². The summed E-state index contributed by atoms with van der Waals surface area (Å²) >= 11 is 0. The molecule has 0 fully saturated rings. The molecule has 0 amide bonds. The third-order valence-electron chi connectivity index (χ3n) is 2.11. The van der Waals surface area contributed by atoms with Gasteiger partial charge in [-0.15, -0.1) is 0 Å². The van der Waals surface area contributed by atoms with Crippen molar-refractivity contribution in [3.8, 4) is 0 Å². The maximum absolute atomic E-state index is 2.75. The Kier molecular flexibility index (Phi) is 10.8. The fourth-order valence-corrected chi connectivity index (χ4v) is 3.96. The van der Waals surface area contributed by atoms with Crippen LogP contribution in [-0.2, 0) is 0 Å². The molecule has 2 heteroatoms. The van der Waals surface area contributed by atoms with E-state index in [0.29, 0.717) is 0 Å². The summed E-state index contributed by atoms with van der Waals surface area (Å²) in [6, 6.07) is 11.0. The summed E-state index contributed by atoms with van der Waals surface area (Å²) in [5, 5.41) is 4.33. The maximum Gasteiger partial charge on any atom is -0.0167 e. The molecule has 0 aliphatic rings. The minimum atomic E-state index is 0.144. The lowest BCUT2D eigenvalue weighted by Crippen LogP contribution is -2.04. The van der Waals surface area contributed by atoms with E-state index in [1.54, 1.807) is 5.30 Å². The zero-order chi connectivity index (χ0) is 12.2. The second-order valence-electron chi connectivity index (χ2n) is 3.82. The highest BCUT2D eigenvalue weighted by Crippen LogP contribution is 2.35. The van der Waals surface area contributed by atoms with E-state index in [2.05, 4.69) is 49.5 Å². The molecular weight excluding hydrogens is 213 g/mol. The average molecular weight is 239 g/mol. The quantitative estimate of drug-likeness (QED) is 0.776. The van der Waals surface area contributed by atoms with Gasteiger partial charge in [0, 0.05) is 0 Å². The first-order chi connectivity index (χ1) is 7.79. The topological polar surface area (TPSA) is 12.0 Å². The molecule has 92 valence electrons. The Hall–Kier alpha value is -0.390. The highest BCUT2D eigenvalue weighted by Gasteiger charge is 2.06. The van der Waals surface area contributed by atoms with Gasteiger partial charge >= 0.3 is 0 Å². The summed E-state index contributed by atoms with van der Waals surface area (Å²) in [5.41, 5.74) is 0. The molecule has 0 unspecified atom stereocenters. The van der Waals surface area contributed by atoms with E-state index >= 15 is 0 Å². The fraction of sp³-hybridized carbons (Fsp3) is 0.571. The smallest absolute Gasteiger partial charge is 0.0167 e. The summed E-state index contributed by atoms with van der Waals surface area (Å²) < 4.78 is 0. The zero-order valence-electron chi connectivity index (χ0n) is 11.2. The Morgan fingerprint density at radius 3 is 1.75 bits per heavy atom. The van der Waals surface area contributed by atoms with E-state index in [4.69, 9.17) is 0 Å². The summed E-state index contributed by atoms with van der Waals surface area (Å²) in [7, 11) is 3.89. The monoisotopic (exact) mass is 239 g/mol. The Morgan fingerprint density at radius 2 is 1.38 bits per heavy atom. The van der Waals surface area contributed by atoms with Gasteiger partial charge in [-0.3, -0.25) is 0 Å². The number of benzene rings is 1. The molecule has 1 N–H and O–H groups in total. The molecule has 0 aromatic heterocycles. The van der Waals surface area contributed by atoms with Crippen LogP contribution in [0.25, 0.3) is 0 Å². The van der Waals surface area contributed by atoms with Crippen molar-refractivity contribution in [2.45, 2.75) is 26.7 Å². The Morgan fingerprint density at radius 1 is 0.938 bits per heavy atom. The van der Waals surface area contributed by atoms with Gasteiger partial charge < -0.3 is 5.32 Å². The van der Waals surface area contributed by atoms with Crippen LogP contribution in [0, 0.1) is 0 Å². The third kappa shape index (κ3) is 6.98. The maximum atomic E-state index is 2.75. The number of hydrogen-bond donors (Lipinski definition) is 1. The van der Waals surface area contributed by atoms with Gasteiger partial charge in [0.2, 0.25) is 0 Å². The van der Waals surface area contributed by atoms with Gasteiger partial charge in [-0.2, -0.15) is 0 Å². The van der Waals surface area contributed by atoms with Crippen LogP contribution < -0.4 is 10.6 Å². The standard InChI is InChI=1S/C12H19P.C2H7N/c1-3-10-13(11-4-2)12-8-6-5-7-9-12;1-3-2/h5-9H,3-4,10-11H2,1-2H3;3H,1-2H3. The van der Waals surface area contributed by atoms with Gasteiger partial charge in [-0.1, -0.05) is 64.9 Å². The molecule has 1 aromatic rings. The molecule has 16 heavy (non-hydrogen) atoms. The van der Waals surface area contributed by atoms with Crippen LogP contribution in [0.2, 0.25) is 0 Å². The van der Waals surface area contributed by atoms with Gasteiger partial charge in [0.15, 0.2) is 0 Å². The largest absolute Gasteiger partial charge is 0.323 e. The van der Waals surface area contributed by atoms with Crippen molar-refractivity contribution in [2.24, 2.45) is 0 Å². The highest BCUT2D eigenvalue weighted by atomic mass is 31.1. The van der Waals surface area contributed by atoms with Crippen LogP contribution in [0.15, 0.2) is 30.3 Å². The number of hydrogen-bond acceptors (Lipinski definition) is 1. The number of nitrogens with one attached hydrogen (secondary N) is 1. The van der Waals surface area contributed by atoms with Gasteiger partial charge in [0.25, 0.3) is 0 Å². The van der Waals surface area contributed by atoms with Crippen molar-refractivity contribution in [1.82, 2.24) is 5.32 Å². The molecule has 0 atom stereocenters. The highest BCUT2D eigenvalue weighted by molar-refractivity contribution is 7.65. The van der Waals surface area contributed by atoms with Gasteiger partial charge in [-0.05, 0) is 31.7 Å². The first kappa shape index (κ1) is 15.6. The molecule has 0 aliphatic carbocycles. The Labute approximate surface area is 102 Å². The normalized spacial score (nSPS) is 9.81. The lowest BCUT2D eigenvalue weighted by molar-refractivity contribution is 1.02. The molecule has 0 radical (unpaired) electrons. The van der Waals surface area contributed by atoms with Crippen LogP contribution in [0.5, 0.6) is 0 Å². The second-order valence-corrected chi connectivity index (χ2v) is 6.31. The molecule has 0 heterocycles. The van der Waals surface area contributed by atoms with Crippen molar-refractivity contribution >= 4 is 13.2 Å². The molecule has 0 spiro atoms. The van der Waals surface area contributed by atoms with Crippen LogP contribution >= 0.6 is 7.92 Å². The first-order valence-corrected chi connectivity index (χ1v) is 7.89. The summed E-state index contributed by atoms with van der Waals surface area (Å²) in [6.45, 7) is 4.57. The van der Waals surface area contributed by atoms with Crippen LogP contribution in [0.3, 0.4) is 0 Å². The van der Waals surface area contributed by atoms with E-state index < -0.39 is 0 Å². The van der Waals surface area contributed by atoms with E-state index in [0.717, 1.165) is 0 Å². The summed E-state index contributed by atoms with van der Waals surface area (Å²) in [5.74, 6) is 0. The molecular formula is C14H26NP. The van der Waals surface area contributed by atoms with Crippen molar-refractivity contribution < 1.29 is 0 Å².